The lowest BCUT2D eigenvalue weighted by Gasteiger charge is -2.16. The van der Waals surface area contributed by atoms with Crippen LogP contribution in [0.1, 0.15) is 19.4 Å². The molecule has 21 heavy (non-hydrogen) atoms. The summed E-state index contributed by atoms with van der Waals surface area (Å²) in [5.41, 5.74) is 6.80. The number of rotatable bonds is 6. The number of nitrogens with two attached hydrogens (primary N) is 1. The molecule has 1 aromatic carbocycles. The van der Waals surface area contributed by atoms with Gasteiger partial charge in [0.25, 0.3) is 0 Å². The van der Waals surface area contributed by atoms with Crippen molar-refractivity contribution in [2.75, 3.05) is 19.4 Å². The fraction of sp³-hybridized carbons (Fsp3) is 0.462. The first-order valence-electron chi connectivity index (χ1n) is 6.47. The molecule has 0 spiro atoms. The number of anilines is 1. The first-order chi connectivity index (χ1) is 9.72. The molecule has 1 rings (SSSR count). The Balaban J connectivity index is 3.14. The number of methoxy groups -OCH3 is 1. The second-order valence-corrected chi connectivity index (χ2v) is 6.28. The number of likely N-dealkylation sites (N-methyl/N-ethyl adjacent to an activating group) is 1. The van der Waals surface area contributed by atoms with Crippen LogP contribution in [0.15, 0.2) is 17.0 Å². The van der Waals surface area contributed by atoms with Crippen LogP contribution < -0.4 is 20.5 Å². The molecule has 0 aliphatic carbocycles. The molecule has 8 heteroatoms. The predicted octanol–water partition coefficient (Wildman–Crippen LogP) is 0.389. The number of benzene rings is 1. The molecule has 0 heterocycles. The summed E-state index contributed by atoms with van der Waals surface area (Å²) in [6.07, 6.45) is 0. The first kappa shape index (κ1) is 17.3. The van der Waals surface area contributed by atoms with E-state index in [0.29, 0.717) is 17.8 Å². The Morgan fingerprint density at radius 1 is 1.43 bits per heavy atom. The minimum absolute atomic E-state index is 0.0933. The average Bonchev–Trinajstić information content (AvgIpc) is 2.40. The number of amides is 1. The van der Waals surface area contributed by atoms with Crippen LogP contribution in [0.2, 0.25) is 0 Å². The van der Waals surface area contributed by atoms with Crippen LogP contribution in [-0.2, 0) is 14.8 Å². The van der Waals surface area contributed by atoms with E-state index in [4.69, 9.17) is 10.5 Å². The number of nitrogen functional groups attached to an aromatic ring is 1. The zero-order chi connectivity index (χ0) is 16.2. The summed E-state index contributed by atoms with van der Waals surface area (Å²) in [7, 11) is -2.55. The van der Waals surface area contributed by atoms with E-state index in [0.717, 1.165) is 0 Å². The molecule has 0 saturated carbocycles. The van der Waals surface area contributed by atoms with Gasteiger partial charge in [-0.1, -0.05) is 0 Å². The molecule has 0 aromatic heterocycles. The van der Waals surface area contributed by atoms with Crippen molar-refractivity contribution in [1.82, 2.24) is 10.0 Å². The molecule has 4 N–H and O–H groups in total. The van der Waals surface area contributed by atoms with Gasteiger partial charge in [0, 0.05) is 12.2 Å². The second-order valence-electron chi connectivity index (χ2n) is 4.60. The van der Waals surface area contributed by atoms with Crippen LogP contribution in [0.4, 0.5) is 5.69 Å². The molecule has 1 aromatic rings. The molecule has 0 saturated heterocycles. The molecule has 0 fully saturated rings. The summed E-state index contributed by atoms with van der Waals surface area (Å²) >= 11 is 0. The summed E-state index contributed by atoms with van der Waals surface area (Å²) in [5.74, 6) is -0.225. The van der Waals surface area contributed by atoms with E-state index in [-0.39, 0.29) is 10.6 Å². The summed E-state index contributed by atoms with van der Waals surface area (Å²) in [5, 5.41) is 2.55. The monoisotopic (exact) mass is 315 g/mol. The predicted molar refractivity (Wildman–Crippen MR) is 80.6 cm³/mol. The van der Waals surface area contributed by atoms with E-state index in [1.165, 1.54) is 20.1 Å². The van der Waals surface area contributed by atoms with Gasteiger partial charge in [-0.25, -0.2) is 8.42 Å². The smallest absolute Gasteiger partial charge is 0.245 e. The third kappa shape index (κ3) is 4.08. The van der Waals surface area contributed by atoms with Gasteiger partial charge in [0.15, 0.2) is 0 Å². The molecular weight excluding hydrogens is 294 g/mol. The summed E-state index contributed by atoms with van der Waals surface area (Å²) in [6, 6.07) is 1.96. The van der Waals surface area contributed by atoms with Crippen LogP contribution in [0, 0.1) is 6.92 Å². The topological polar surface area (TPSA) is 111 Å². The van der Waals surface area contributed by atoms with Crippen molar-refractivity contribution >= 4 is 21.6 Å². The number of carbonyl (C=O) groups is 1. The maximum absolute atomic E-state index is 12.4. The molecule has 0 radical (unpaired) electrons. The minimum Gasteiger partial charge on any atom is -0.495 e. The minimum atomic E-state index is -3.92. The number of sulfonamides is 1. The molecule has 1 atom stereocenters. The van der Waals surface area contributed by atoms with Gasteiger partial charge in [0.1, 0.15) is 10.6 Å². The molecule has 1 unspecified atom stereocenters. The zero-order valence-corrected chi connectivity index (χ0v) is 13.4. The maximum Gasteiger partial charge on any atom is 0.245 e. The highest BCUT2D eigenvalue weighted by molar-refractivity contribution is 7.89. The standard InChI is InChI=1S/C13H21N3O4S/c1-5-15-13(17)9(3)16-21(18,19)12-7-10(14)8(2)6-11(12)20-4/h6-7,9,16H,5,14H2,1-4H3,(H,15,17). The SMILES string of the molecule is CCNC(=O)C(C)NS(=O)(=O)c1cc(N)c(C)cc1OC. The van der Waals surface area contributed by atoms with E-state index in [1.54, 1.807) is 19.9 Å². The van der Waals surface area contributed by atoms with E-state index in [1.807, 2.05) is 0 Å². The van der Waals surface area contributed by atoms with Gasteiger partial charge in [-0.05, 0) is 38.5 Å². The molecule has 0 bridgehead atoms. The largest absolute Gasteiger partial charge is 0.495 e. The summed E-state index contributed by atoms with van der Waals surface area (Å²) in [4.78, 5) is 11.5. The molecule has 0 aliphatic heterocycles. The third-order valence-electron chi connectivity index (χ3n) is 2.92. The van der Waals surface area contributed by atoms with Crippen molar-refractivity contribution in [1.29, 1.82) is 0 Å². The van der Waals surface area contributed by atoms with Crippen molar-refractivity contribution in [3.8, 4) is 5.75 Å². The Kier molecular flexibility index (Phi) is 5.56. The molecule has 118 valence electrons. The van der Waals surface area contributed by atoms with Crippen molar-refractivity contribution < 1.29 is 17.9 Å². The Labute approximate surface area is 124 Å². The van der Waals surface area contributed by atoms with Crippen molar-refractivity contribution in [3.63, 3.8) is 0 Å². The number of hydrogen-bond acceptors (Lipinski definition) is 5. The molecular formula is C13H21N3O4S. The van der Waals surface area contributed by atoms with Crippen LogP contribution in [-0.4, -0.2) is 34.0 Å². The Bertz CT molecular complexity index is 629. The third-order valence-corrected chi connectivity index (χ3v) is 4.48. The van der Waals surface area contributed by atoms with E-state index in [2.05, 4.69) is 10.0 Å². The van der Waals surface area contributed by atoms with E-state index < -0.39 is 22.0 Å². The first-order valence-corrected chi connectivity index (χ1v) is 7.95. The molecule has 1 amide bonds. The Morgan fingerprint density at radius 2 is 2.05 bits per heavy atom. The maximum atomic E-state index is 12.4. The fourth-order valence-corrected chi connectivity index (χ4v) is 3.11. The van der Waals surface area contributed by atoms with Gasteiger partial charge in [0.05, 0.1) is 13.2 Å². The number of carbonyl (C=O) groups excluding carboxylic acids is 1. The highest BCUT2D eigenvalue weighted by Gasteiger charge is 2.25. The number of hydrogen-bond donors (Lipinski definition) is 3. The van der Waals surface area contributed by atoms with Gasteiger partial charge in [-0.2, -0.15) is 4.72 Å². The van der Waals surface area contributed by atoms with Crippen LogP contribution in [0.25, 0.3) is 0 Å². The quantitative estimate of drug-likeness (QED) is 0.658. The van der Waals surface area contributed by atoms with Crippen molar-refractivity contribution in [3.05, 3.63) is 17.7 Å². The van der Waals surface area contributed by atoms with E-state index in [9.17, 15) is 13.2 Å². The Morgan fingerprint density at radius 3 is 2.57 bits per heavy atom. The van der Waals surface area contributed by atoms with E-state index >= 15 is 0 Å². The zero-order valence-electron chi connectivity index (χ0n) is 12.6. The fourth-order valence-electron chi connectivity index (χ4n) is 1.72. The lowest BCUT2D eigenvalue weighted by Crippen LogP contribution is -2.44. The van der Waals surface area contributed by atoms with Crippen LogP contribution in [0.5, 0.6) is 5.75 Å². The normalized spacial score (nSPS) is 12.8. The van der Waals surface area contributed by atoms with Gasteiger partial charge >= 0.3 is 0 Å². The average molecular weight is 315 g/mol. The molecule has 7 nitrogen and oxygen atoms in total. The van der Waals surface area contributed by atoms with Crippen molar-refractivity contribution in [2.24, 2.45) is 0 Å². The van der Waals surface area contributed by atoms with Gasteiger partial charge in [0.2, 0.25) is 15.9 Å². The van der Waals surface area contributed by atoms with Crippen LogP contribution >= 0.6 is 0 Å². The van der Waals surface area contributed by atoms with Gasteiger partial charge in [-0.3, -0.25) is 4.79 Å². The van der Waals surface area contributed by atoms with Crippen LogP contribution in [0.3, 0.4) is 0 Å². The highest BCUT2D eigenvalue weighted by Crippen LogP contribution is 2.28. The Hall–Kier alpha value is -1.80. The van der Waals surface area contributed by atoms with Gasteiger partial charge in [-0.15, -0.1) is 0 Å². The highest BCUT2D eigenvalue weighted by atomic mass is 32.2. The summed E-state index contributed by atoms with van der Waals surface area (Å²) in [6.45, 7) is 5.39. The number of nitrogens with one attached hydrogen (secondary N) is 2. The summed E-state index contributed by atoms with van der Waals surface area (Å²) < 4.78 is 32.1. The second kappa shape index (κ2) is 6.77. The number of ether oxygens (including phenoxy) is 1. The van der Waals surface area contributed by atoms with Gasteiger partial charge < -0.3 is 15.8 Å². The number of aryl methyl sites for hydroxylation is 1. The lowest BCUT2D eigenvalue weighted by atomic mass is 10.2. The van der Waals surface area contributed by atoms with Crippen molar-refractivity contribution in [2.45, 2.75) is 31.7 Å². The lowest BCUT2D eigenvalue weighted by molar-refractivity contribution is -0.122. The molecule has 0 aliphatic rings.